The monoisotopic (exact) mass is 374 g/mol. The Morgan fingerprint density at radius 1 is 1.23 bits per heavy atom. The third-order valence-corrected chi connectivity index (χ3v) is 4.59. The highest BCUT2D eigenvalue weighted by Gasteiger charge is 2.22. The van der Waals surface area contributed by atoms with Crippen LogP contribution in [0.5, 0.6) is 11.5 Å². The van der Waals surface area contributed by atoms with E-state index in [2.05, 4.69) is 5.32 Å². The Bertz CT molecular complexity index is 837. The van der Waals surface area contributed by atoms with Crippen LogP contribution in [0.2, 0.25) is 0 Å². The molecule has 0 fully saturated rings. The van der Waals surface area contributed by atoms with E-state index in [1.54, 1.807) is 45.2 Å². The lowest BCUT2D eigenvalue weighted by Gasteiger charge is -2.07. The fourth-order valence-electron chi connectivity index (χ4n) is 2.11. The molecular weight excluding hydrogens is 356 g/mol. The third-order valence-electron chi connectivity index (χ3n) is 3.40. The zero-order valence-corrected chi connectivity index (χ0v) is 15.4. The quantitative estimate of drug-likeness (QED) is 0.748. The van der Waals surface area contributed by atoms with E-state index in [0.29, 0.717) is 26.9 Å². The second-order valence-electron chi connectivity index (χ2n) is 5.10. The summed E-state index contributed by atoms with van der Waals surface area (Å²) in [5, 5.41) is 12.2. The molecule has 0 aliphatic heterocycles. The molecule has 0 saturated heterocycles. The molecule has 0 aliphatic rings. The van der Waals surface area contributed by atoms with Crippen molar-refractivity contribution < 1.29 is 23.8 Å². The summed E-state index contributed by atoms with van der Waals surface area (Å²) in [5.74, 6) is 0.243. The van der Waals surface area contributed by atoms with Crippen molar-refractivity contribution in [2.24, 2.45) is 0 Å². The molecule has 2 aromatic rings. The van der Waals surface area contributed by atoms with Crippen molar-refractivity contribution in [3.8, 4) is 17.6 Å². The maximum absolute atomic E-state index is 12.1. The van der Waals surface area contributed by atoms with Gasteiger partial charge in [0.25, 0.3) is 5.91 Å². The summed E-state index contributed by atoms with van der Waals surface area (Å²) in [6, 6.07) is 8.80. The van der Waals surface area contributed by atoms with E-state index in [9.17, 15) is 14.9 Å². The summed E-state index contributed by atoms with van der Waals surface area (Å²) in [5.41, 5.74) is 0.734. The Balaban J connectivity index is 2.04. The van der Waals surface area contributed by atoms with Gasteiger partial charge in [0.05, 0.1) is 19.3 Å². The molecular formula is C18H18N2O5S. The fourth-order valence-corrected chi connectivity index (χ4v) is 3.18. The van der Waals surface area contributed by atoms with Crippen LogP contribution in [-0.4, -0.2) is 32.2 Å². The molecule has 26 heavy (non-hydrogen) atoms. The minimum absolute atomic E-state index is 0.232. The van der Waals surface area contributed by atoms with E-state index in [1.807, 2.05) is 6.07 Å². The average molecular weight is 374 g/mol. The molecule has 0 atom stereocenters. The number of nitrogens with zero attached hydrogens (tertiary/aromatic N) is 1. The SMILES string of the molecule is CCOC(=O)c1sc(NC(=O)COc2ccc(OC)cc2)c(C#N)c1C. The van der Waals surface area contributed by atoms with Gasteiger partial charge in [-0.1, -0.05) is 0 Å². The molecule has 1 heterocycles. The van der Waals surface area contributed by atoms with Gasteiger partial charge in [-0.3, -0.25) is 4.79 Å². The number of amides is 1. The number of benzene rings is 1. The molecule has 1 N–H and O–H groups in total. The molecule has 1 aromatic heterocycles. The number of thiophene rings is 1. The summed E-state index contributed by atoms with van der Waals surface area (Å²) < 4.78 is 15.4. The number of rotatable bonds is 7. The Labute approximate surface area is 155 Å². The predicted octanol–water partition coefficient (Wildman–Crippen LogP) is 3.13. The van der Waals surface area contributed by atoms with Crippen molar-refractivity contribution in [3.05, 3.63) is 40.3 Å². The van der Waals surface area contributed by atoms with Crippen molar-refractivity contribution in [2.75, 3.05) is 25.6 Å². The minimum atomic E-state index is -0.513. The molecule has 0 unspecified atom stereocenters. The van der Waals surface area contributed by atoms with Crippen molar-refractivity contribution >= 4 is 28.2 Å². The first-order chi connectivity index (χ1) is 12.5. The number of anilines is 1. The molecule has 2 rings (SSSR count). The predicted molar refractivity (Wildman–Crippen MR) is 96.8 cm³/mol. The molecule has 0 bridgehead atoms. The number of carbonyl (C=O) groups excluding carboxylic acids is 2. The van der Waals surface area contributed by atoms with Crippen LogP contribution in [0.1, 0.15) is 27.7 Å². The summed E-state index contributed by atoms with van der Waals surface area (Å²) in [4.78, 5) is 24.3. The standard InChI is InChI=1S/C18H18N2O5S/c1-4-24-18(22)16-11(2)14(9-19)17(26-16)20-15(21)10-25-13-7-5-12(23-3)6-8-13/h5-8H,4,10H2,1-3H3,(H,20,21). The lowest BCUT2D eigenvalue weighted by molar-refractivity contribution is -0.118. The van der Waals surface area contributed by atoms with Gasteiger partial charge in [-0.15, -0.1) is 11.3 Å². The second kappa shape index (κ2) is 8.87. The number of nitriles is 1. The number of nitrogens with one attached hydrogen (secondary N) is 1. The fraction of sp³-hybridized carbons (Fsp3) is 0.278. The van der Waals surface area contributed by atoms with Crippen molar-refractivity contribution in [1.82, 2.24) is 0 Å². The topological polar surface area (TPSA) is 97.7 Å². The molecule has 7 nitrogen and oxygen atoms in total. The van der Waals surface area contributed by atoms with E-state index in [0.717, 1.165) is 11.3 Å². The minimum Gasteiger partial charge on any atom is -0.497 e. The lowest BCUT2D eigenvalue weighted by atomic mass is 10.2. The van der Waals surface area contributed by atoms with Gasteiger partial charge in [0.1, 0.15) is 27.4 Å². The van der Waals surface area contributed by atoms with Gasteiger partial charge in [0.15, 0.2) is 6.61 Å². The van der Waals surface area contributed by atoms with Gasteiger partial charge in [0.2, 0.25) is 0 Å². The van der Waals surface area contributed by atoms with Crippen LogP contribution in [-0.2, 0) is 9.53 Å². The second-order valence-corrected chi connectivity index (χ2v) is 6.13. The van der Waals surface area contributed by atoms with Crippen LogP contribution >= 0.6 is 11.3 Å². The lowest BCUT2D eigenvalue weighted by Crippen LogP contribution is -2.20. The summed E-state index contributed by atoms with van der Waals surface area (Å²) >= 11 is 1.01. The van der Waals surface area contributed by atoms with E-state index >= 15 is 0 Å². The normalized spacial score (nSPS) is 9.92. The Morgan fingerprint density at radius 3 is 2.46 bits per heavy atom. The molecule has 0 saturated carbocycles. The first kappa shape index (κ1) is 19.3. The number of hydrogen-bond donors (Lipinski definition) is 1. The zero-order chi connectivity index (χ0) is 19.1. The van der Waals surface area contributed by atoms with Gasteiger partial charge in [0, 0.05) is 0 Å². The van der Waals surface area contributed by atoms with Gasteiger partial charge >= 0.3 is 5.97 Å². The first-order valence-electron chi connectivity index (χ1n) is 7.77. The smallest absolute Gasteiger partial charge is 0.348 e. The number of methoxy groups -OCH3 is 1. The van der Waals surface area contributed by atoms with Crippen molar-refractivity contribution in [3.63, 3.8) is 0 Å². The van der Waals surface area contributed by atoms with E-state index in [4.69, 9.17) is 14.2 Å². The van der Waals surface area contributed by atoms with Gasteiger partial charge < -0.3 is 19.5 Å². The number of carbonyl (C=O) groups is 2. The molecule has 1 aromatic carbocycles. The van der Waals surface area contributed by atoms with Gasteiger partial charge in [-0.05, 0) is 43.7 Å². The highest BCUT2D eigenvalue weighted by molar-refractivity contribution is 7.18. The summed E-state index contributed by atoms with van der Waals surface area (Å²) in [6.07, 6.45) is 0. The molecule has 0 aliphatic carbocycles. The highest BCUT2D eigenvalue weighted by Crippen LogP contribution is 2.33. The summed E-state index contributed by atoms with van der Waals surface area (Å²) in [7, 11) is 1.56. The molecule has 8 heteroatoms. The zero-order valence-electron chi connectivity index (χ0n) is 14.6. The Kier molecular flexibility index (Phi) is 6.58. The summed E-state index contributed by atoms with van der Waals surface area (Å²) in [6.45, 7) is 3.34. The Hall–Kier alpha value is -3.05. The molecule has 136 valence electrons. The Morgan fingerprint density at radius 2 is 1.88 bits per heavy atom. The van der Waals surface area contributed by atoms with Crippen LogP contribution in [0.25, 0.3) is 0 Å². The van der Waals surface area contributed by atoms with Crippen LogP contribution in [0.3, 0.4) is 0 Å². The first-order valence-corrected chi connectivity index (χ1v) is 8.59. The van der Waals surface area contributed by atoms with Crippen molar-refractivity contribution in [2.45, 2.75) is 13.8 Å². The third kappa shape index (κ3) is 4.52. The molecule has 1 amide bonds. The number of ether oxygens (including phenoxy) is 3. The number of esters is 1. The van der Waals surface area contributed by atoms with Crippen LogP contribution in [0, 0.1) is 18.3 Å². The highest BCUT2D eigenvalue weighted by atomic mass is 32.1. The van der Waals surface area contributed by atoms with E-state index in [-0.39, 0.29) is 18.8 Å². The van der Waals surface area contributed by atoms with E-state index in [1.165, 1.54) is 0 Å². The van der Waals surface area contributed by atoms with Gasteiger partial charge in [-0.2, -0.15) is 5.26 Å². The van der Waals surface area contributed by atoms with Crippen LogP contribution in [0.4, 0.5) is 5.00 Å². The average Bonchev–Trinajstić information content (AvgIpc) is 2.95. The van der Waals surface area contributed by atoms with Gasteiger partial charge in [-0.25, -0.2) is 4.79 Å². The molecule has 0 spiro atoms. The van der Waals surface area contributed by atoms with E-state index < -0.39 is 11.9 Å². The van der Waals surface area contributed by atoms with Crippen LogP contribution in [0.15, 0.2) is 24.3 Å². The maximum atomic E-state index is 12.1. The largest absolute Gasteiger partial charge is 0.497 e. The van der Waals surface area contributed by atoms with Crippen LogP contribution < -0.4 is 14.8 Å². The van der Waals surface area contributed by atoms with Crippen molar-refractivity contribution in [1.29, 1.82) is 5.26 Å². The maximum Gasteiger partial charge on any atom is 0.348 e. The number of hydrogen-bond acceptors (Lipinski definition) is 7. The molecule has 0 radical (unpaired) electrons.